The van der Waals surface area contributed by atoms with Crippen LogP contribution in [-0.4, -0.2) is 24.1 Å². The third-order valence-electron chi connectivity index (χ3n) is 2.40. The van der Waals surface area contributed by atoms with Gasteiger partial charge >= 0.3 is 0 Å². The predicted octanol–water partition coefficient (Wildman–Crippen LogP) is 1.67. The lowest BCUT2D eigenvalue weighted by molar-refractivity contribution is -0.167. The van der Waals surface area contributed by atoms with Crippen LogP contribution in [-0.2, 0) is 16.1 Å². The highest BCUT2D eigenvalue weighted by molar-refractivity contribution is 5.78. The van der Waals surface area contributed by atoms with Crippen molar-refractivity contribution < 1.29 is 18.4 Å². The lowest BCUT2D eigenvalue weighted by Gasteiger charge is -2.13. The van der Waals surface area contributed by atoms with Gasteiger partial charge in [0, 0.05) is 5.56 Å². The fourth-order valence-corrected chi connectivity index (χ4v) is 1.58. The smallest absolute Gasteiger partial charge is 0.250 e. The molecule has 1 saturated heterocycles. The molecular weight excluding hydrogens is 216 g/mol. The van der Waals surface area contributed by atoms with Crippen LogP contribution in [0, 0.1) is 11.6 Å². The maximum Gasteiger partial charge on any atom is 0.250 e. The van der Waals surface area contributed by atoms with Crippen molar-refractivity contribution in [1.29, 1.82) is 0 Å². The normalized spacial score (nSPS) is 15.5. The zero-order valence-electron chi connectivity index (χ0n) is 8.58. The number of carbonyl (C=O) groups is 1. The van der Waals surface area contributed by atoms with Gasteiger partial charge < -0.3 is 0 Å². The van der Waals surface area contributed by atoms with Gasteiger partial charge in [-0.05, 0) is 12.5 Å². The molecule has 2 rings (SSSR count). The summed E-state index contributed by atoms with van der Waals surface area (Å²) in [5.74, 6) is -2.25. The summed E-state index contributed by atoms with van der Waals surface area (Å²) in [4.78, 5) is 16.6. The summed E-state index contributed by atoms with van der Waals surface area (Å²) in [6.45, 7) is 1.01. The van der Waals surface area contributed by atoms with E-state index in [0.717, 1.165) is 12.5 Å². The molecule has 0 spiro atoms. The summed E-state index contributed by atoms with van der Waals surface area (Å²) >= 11 is 0. The van der Waals surface area contributed by atoms with Crippen LogP contribution in [0.1, 0.15) is 12.0 Å². The molecule has 16 heavy (non-hydrogen) atoms. The third-order valence-corrected chi connectivity index (χ3v) is 2.40. The monoisotopic (exact) mass is 227 g/mol. The topological polar surface area (TPSA) is 29.5 Å². The number of nitrogens with zero attached hydrogens (tertiary/aromatic N) is 1. The van der Waals surface area contributed by atoms with Gasteiger partial charge in [-0.25, -0.2) is 13.8 Å². The van der Waals surface area contributed by atoms with Crippen molar-refractivity contribution in [3.8, 4) is 0 Å². The minimum atomic E-state index is -0.963. The lowest BCUT2D eigenvalue weighted by atomic mass is 10.1. The minimum Gasteiger partial charge on any atom is -0.272 e. The SMILES string of the molecule is O=C(Cc1cccc(F)c1F)N1CCCO1. The zero-order chi connectivity index (χ0) is 11.5. The molecule has 0 N–H and O–H groups in total. The molecule has 1 amide bonds. The molecule has 1 aliphatic heterocycles. The number of carbonyl (C=O) groups excluding carboxylic acids is 1. The van der Waals surface area contributed by atoms with Crippen LogP contribution in [0.5, 0.6) is 0 Å². The van der Waals surface area contributed by atoms with E-state index >= 15 is 0 Å². The van der Waals surface area contributed by atoms with Crippen molar-refractivity contribution in [2.45, 2.75) is 12.8 Å². The van der Waals surface area contributed by atoms with E-state index in [9.17, 15) is 13.6 Å². The molecule has 1 aromatic carbocycles. The van der Waals surface area contributed by atoms with Gasteiger partial charge in [0.15, 0.2) is 11.6 Å². The quantitative estimate of drug-likeness (QED) is 0.769. The number of halogens is 2. The van der Waals surface area contributed by atoms with E-state index in [0.29, 0.717) is 13.2 Å². The molecule has 1 aromatic rings. The van der Waals surface area contributed by atoms with E-state index in [1.165, 1.54) is 17.2 Å². The minimum absolute atomic E-state index is 0.0560. The number of benzene rings is 1. The standard InChI is InChI=1S/C11H11F2NO2/c12-9-4-1-3-8(11(9)13)7-10(15)14-5-2-6-16-14/h1,3-4H,2,5-7H2. The maximum absolute atomic E-state index is 13.3. The highest BCUT2D eigenvalue weighted by Crippen LogP contribution is 2.14. The molecule has 0 unspecified atom stereocenters. The maximum atomic E-state index is 13.3. The molecule has 0 saturated carbocycles. The van der Waals surface area contributed by atoms with E-state index in [2.05, 4.69) is 0 Å². The number of rotatable bonds is 2. The second kappa shape index (κ2) is 4.57. The van der Waals surface area contributed by atoms with Crippen molar-refractivity contribution in [1.82, 2.24) is 5.06 Å². The average molecular weight is 227 g/mol. The van der Waals surface area contributed by atoms with Gasteiger partial charge in [-0.2, -0.15) is 0 Å². The molecule has 5 heteroatoms. The van der Waals surface area contributed by atoms with Gasteiger partial charge in [-0.3, -0.25) is 9.63 Å². The Kier molecular flexibility index (Phi) is 3.14. The first-order chi connectivity index (χ1) is 7.68. The van der Waals surface area contributed by atoms with E-state index in [-0.39, 0.29) is 17.9 Å². The van der Waals surface area contributed by atoms with Crippen molar-refractivity contribution in [2.75, 3.05) is 13.2 Å². The predicted molar refractivity (Wildman–Crippen MR) is 52.3 cm³/mol. The molecular formula is C11H11F2NO2. The van der Waals surface area contributed by atoms with Gasteiger partial charge in [0.2, 0.25) is 0 Å². The summed E-state index contributed by atoms with van der Waals surface area (Å²) in [6.07, 6.45) is 0.598. The van der Waals surface area contributed by atoms with Crippen LogP contribution in [0.2, 0.25) is 0 Å². The Bertz CT molecular complexity index is 403. The van der Waals surface area contributed by atoms with Crippen molar-refractivity contribution in [3.05, 3.63) is 35.4 Å². The lowest BCUT2D eigenvalue weighted by Crippen LogP contribution is -2.28. The second-order valence-electron chi connectivity index (χ2n) is 3.57. The Balaban J connectivity index is 2.08. The van der Waals surface area contributed by atoms with Gasteiger partial charge in [-0.1, -0.05) is 12.1 Å². The first-order valence-corrected chi connectivity index (χ1v) is 5.04. The fraction of sp³-hybridized carbons (Fsp3) is 0.364. The highest BCUT2D eigenvalue weighted by atomic mass is 19.2. The first kappa shape index (κ1) is 11.0. The number of amides is 1. The fourth-order valence-electron chi connectivity index (χ4n) is 1.58. The van der Waals surface area contributed by atoms with Crippen molar-refractivity contribution in [2.24, 2.45) is 0 Å². The van der Waals surface area contributed by atoms with Crippen molar-refractivity contribution in [3.63, 3.8) is 0 Å². The summed E-state index contributed by atoms with van der Waals surface area (Å²) in [5.41, 5.74) is 0.0560. The number of hydroxylamine groups is 2. The van der Waals surface area contributed by atoms with E-state index in [4.69, 9.17) is 4.84 Å². The van der Waals surface area contributed by atoms with Crippen molar-refractivity contribution >= 4 is 5.91 Å². The van der Waals surface area contributed by atoms with Crippen LogP contribution in [0.15, 0.2) is 18.2 Å². The summed E-state index contributed by atoms with van der Waals surface area (Å²) < 4.78 is 26.1. The Hall–Kier alpha value is -1.49. The Morgan fingerprint density at radius 2 is 2.25 bits per heavy atom. The molecule has 1 aliphatic rings. The molecule has 0 radical (unpaired) electrons. The Labute approximate surface area is 91.6 Å². The molecule has 86 valence electrons. The molecule has 0 aromatic heterocycles. The van der Waals surface area contributed by atoms with Crippen LogP contribution in [0.3, 0.4) is 0 Å². The van der Waals surface area contributed by atoms with E-state index in [1.807, 2.05) is 0 Å². The highest BCUT2D eigenvalue weighted by Gasteiger charge is 2.21. The molecule has 1 fully saturated rings. The average Bonchev–Trinajstić information content (AvgIpc) is 2.78. The van der Waals surface area contributed by atoms with Crippen LogP contribution < -0.4 is 0 Å². The summed E-state index contributed by atoms with van der Waals surface area (Å²) in [7, 11) is 0. The molecule has 3 nitrogen and oxygen atoms in total. The van der Waals surface area contributed by atoms with Gasteiger partial charge in [-0.15, -0.1) is 0 Å². The molecule has 1 heterocycles. The molecule has 0 bridgehead atoms. The third kappa shape index (κ3) is 2.19. The Morgan fingerprint density at radius 3 is 2.94 bits per heavy atom. The summed E-state index contributed by atoms with van der Waals surface area (Å²) in [6, 6.07) is 3.80. The van der Waals surface area contributed by atoms with Gasteiger partial charge in [0.05, 0.1) is 19.6 Å². The number of hydrogen-bond acceptors (Lipinski definition) is 2. The molecule has 0 aliphatic carbocycles. The van der Waals surface area contributed by atoms with Crippen LogP contribution >= 0.6 is 0 Å². The summed E-state index contributed by atoms with van der Waals surface area (Å²) in [5, 5.41) is 1.20. The molecule has 0 atom stereocenters. The van der Waals surface area contributed by atoms with Gasteiger partial charge in [0.1, 0.15) is 0 Å². The van der Waals surface area contributed by atoms with Crippen LogP contribution in [0.4, 0.5) is 8.78 Å². The van der Waals surface area contributed by atoms with Gasteiger partial charge in [0.25, 0.3) is 5.91 Å². The van der Waals surface area contributed by atoms with Crippen LogP contribution in [0.25, 0.3) is 0 Å². The van der Waals surface area contributed by atoms with E-state index < -0.39 is 11.6 Å². The zero-order valence-corrected chi connectivity index (χ0v) is 8.58. The Morgan fingerprint density at radius 1 is 1.44 bits per heavy atom. The van der Waals surface area contributed by atoms with E-state index in [1.54, 1.807) is 0 Å². The largest absolute Gasteiger partial charge is 0.272 e. The number of hydrogen-bond donors (Lipinski definition) is 0. The first-order valence-electron chi connectivity index (χ1n) is 5.04. The second-order valence-corrected chi connectivity index (χ2v) is 3.57.